The molecule has 2 heterocycles. The number of rotatable bonds is 4. The van der Waals surface area contributed by atoms with Crippen molar-refractivity contribution in [2.75, 3.05) is 52.5 Å². The van der Waals surface area contributed by atoms with Gasteiger partial charge in [-0.1, -0.05) is 6.92 Å². The molecule has 0 bridgehead atoms. The number of hydrogen-bond acceptors (Lipinski definition) is 3. The number of ether oxygens (including phenoxy) is 1. The largest absolute Gasteiger partial charge is 0.378 e. The maximum atomic E-state index is 6.05. The van der Waals surface area contributed by atoms with Gasteiger partial charge in [0, 0.05) is 19.6 Å². The summed E-state index contributed by atoms with van der Waals surface area (Å²) >= 11 is 0. The van der Waals surface area contributed by atoms with E-state index in [1.165, 1.54) is 38.9 Å². The van der Waals surface area contributed by atoms with Crippen LogP contribution in [0.3, 0.4) is 0 Å². The molecular formula is C14H28N4O. The first kappa shape index (κ1) is 14.6. The van der Waals surface area contributed by atoms with Crippen molar-refractivity contribution in [1.29, 1.82) is 0 Å². The summed E-state index contributed by atoms with van der Waals surface area (Å²) in [6, 6.07) is 0. The fourth-order valence-corrected chi connectivity index (χ4v) is 2.82. The van der Waals surface area contributed by atoms with Gasteiger partial charge >= 0.3 is 0 Å². The summed E-state index contributed by atoms with van der Waals surface area (Å²) in [6.45, 7) is 10.1. The van der Waals surface area contributed by atoms with Gasteiger partial charge in [0.05, 0.1) is 13.2 Å². The van der Waals surface area contributed by atoms with Gasteiger partial charge in [-0.15, -0.1) is 0 Å². The topological polar surface area (TPSA) is 54.1 Å². The van der Waals surface area contributed by atoms with Crippen molar-refractivity contribution in [1.82, 2.24) is 9.80 Å². The molecule has 2 rings (SSSR count). The monoisotopic (exact) mass is 268 g/mol. The molecule has 0 radical (unpaired) electrons. The molecule has 0 unspecified atom stereocenters. The van der Waals surface area contributed by atoms with Crippen LogP contribution in [0.2, 0.25) is 0 Å². The standard InChI is InChI=1S/C14H28N4O/c1-2-5-17-6-3-13(4-7-17)12-16-14(15)18-8-10-19-11-9-18/h13H,2-12H2,1H3,(H2,15,16). The van der Waals surface area contributed by atoms with E-state index in [2.05, 4.69) is 21.7 Å². The normalized spacial score (nSPS) is 23.8. The summed E-state index contributed by atoms with van der Waals surface area (Å²) in [5.74, 6) is 1.42. The maximum Gasteiger partial charge on any atom is 0.191 e. The van der Waals surface area contributed by atoms with Gasteiger partial charge in [0.2, 0.25) is 0 Å². The van der Waals surface area contributed by atoms with Gasteiger partial charge in [0.1, 0.15) is 0 Å². The zero-order valence-corrected chi connectivity index (χ0v) is 12.2. The average molecular weight is 268 g/mol. The highest BCUT2D eigenvalue weighted by Gasteiger charge is 2.19. The zero-order valence-electron chi connectivity index (χ0n) is 12.2. The summed E-state index contributed by atoms with van der Waals surface area (Å²) in [5, 5.41) is 0. The molecule has 5 nitrogen and oxygen atoms in total. The average Bonchev–Trinajstić information content (AvgIpc) is 2.47. The predicted octanol–water partition coefficient (Wildman–Crippen LogP) is 0.755. The van der Waals surface area contributed by atoms with Crippen molar-refractivity contribution >= 4 is 5.96 Å². The van der Waals surface area contributed by atoms with Crippen LogP contribution in [0.5, 0.6) is 0 Å². The van der Waals surface area contributed by atoms with Crippen LogP contribution in [0.1, 0.15) is 26.2 Å². The zero-order chi connectivity index (χ0) is 13.5. The lowest BCUT2D eigenvalue weighted by atomic mass is 9.97. The van der Waals surface area contributed by atoms with Crippen LogP contribution in [0.15, 0.2) is 4.99 Å². The molecule has 110 valence electrons. The van der Waals surface area contributed by atoms with Gasteiger partial charge in [0.25, 0.3) is 0 Å². The molecule has 5 heteroatoms. The summed E-state index contributed by atoms with van der Waals surface area (Å²) in [7, 11) is 0. The molecule has 0 spiro atoms. The van der Waals surface area contributed by atoms with E-state index in [1.54, 1.807) is 0 Å². The van der Waals surface area contributed by atoms with E-state index in [1.807, 2.05) is 0 Å². The van der Waals surface area contributed by atoms with E-state index in [0.29, 0.717) is 11.9 Å². The Labute approximate surface area is 116 Å². The smallest absolute Gasteiger partial charge is 0.191 e. The number of nitrogens with zero attached hydrogens (tertiary/aromatic N) is 3. The van der Waals surface area contributed by atoms with Gasteiger partial charge < -0.3 is 20.3 Å². The summed E-state index contributed by atoms with van der Waals surface area (Å²) in [4.78, 5) is 9.28. The van der Waals surface area contributed by atoms with E-state index in [4.69, 9.17) is 10.5 Å². The Hall–Kier alpha value is -0.810. The Morgan fingerprint density at radius 2 is 1.89 bits per heavy atom. The van der Waals surface area contributed by atoms with Crippen molar-refractivity contribution < 1.29 is 4.74 Å². The molecule has 0 aromatic carbocycles. The van der Waals surface area contributed by atoms with E-state index in [9.17, 15) is 0 Å². The second kappa shape index (κ2) is 7.70. The highest BCUT2D eigenvalue weighted by molar-refractivity contribution is 5.78. The minimum atomic E-state index is 0.708. The van der Waals surface area contributed by atoms with E-state index in [-0.39, 0.29) is 0 Å². The number of hydrogen-bond donors (Lipinski definition) is 1. The predicted molar refractivity (Wildman–Crippen MR) is 78.3 cm³/mol. The van der Waals surface area contributed by atoms with Gasteiger partial charge in [0.15, 0.2) is 5.96 Å². The molecule has 0 saturated carbocycles. The third-order valence-corrected chi connectivity index (χ3v) is 4.09. The third-order valence-electron chi connectivity index (χ3n) is 4.09. The fraction of sp³-hybridized carbons (Fsp3) is 0.929. The van der Waals surface area contributed by atoms with Gasteiger partial charge in [-0.2, -0.15) is 0 Å². The van der Waals surface area contributed by atoms with Crippen molar-refractivity contribution in [2.45, 2.75) is 26.2 Å². The second-order valence-electron chi connectivity index (χ2n) is 5.58. The van der Waals surface area contributed by atoms with Gasteiger partial charge in [-0.3, -0.25) is 4.99 Å². The first-order valence-corrected chi connectivity index (χ1v) is 7.64. The highest BCUT2D eigenvalue weighted by atomic mass is 16.5. The highest BCUT2D eigenvalue weighted by Crippen LogP contribution is 2.17. The Balaban J connectivity index is 1.70. The third kappa shape index (κ3) is 4.66. The number of morpholine rings is 1. The Morgan fingerprint density at radius 1 is 1.21 bits per heavy atom. The van der Waals surface area contributed by atoms with E-state index in [0.717, 1.165) is 32.8 Å². The van der Waals surface area contributed by atoms with E-state index >= 15 is 0 Å². The van der Waals surface area contributed by atoms with Crippen LogP contribution < -0.4 is 5.73 Å². The Kier molecular flexibility index (Phi) is 5.92. The fourth-order valence-electron chi connectivity index (χ4n) is 2.82. The first-order chi connectivity index (χ1) is 9.29. The molecule has 19 heavy (non-hydrogen) atoms. The van der Waals surface area contributed by atoms with Crippen LogP contribution in [-0.4, -0.2) is 68.2 Å². The van der Waals surface area contributed by atoms with Gasteiger partial charge in [-0.05, 0) is 44.8 Å². The molecule has 2 aliphatic rings. The molecule has 0 aliphatic carbocycles. The van der Waals surface area contributed by atoms with Crippen LogP contribution in [0.4, 0.5) is 0 Å². The lowest BCUT2D eigenvalue weighted by molar-refractivity contribution is 0.0673. The molecular weight excluding hydrogens is 240 g/mol. The summed E-state index contributed by atoms with van der Waals surface area (Å²) in [6.07, 6.45) is 3.78. The summed E-state index contributed by atoms with van der Waals surface area (Å²) < 4.78 is 5.32. The molecule has 2 N–H and O–H groups in total. The van der Waals surface area contributed by atoms with Crippen LogP contribution in [-0.2, 0) is 4.74 Å². The maximum absolute atomic E-state index is 6.05. The number of nitrogens with two attached hydrogens (primary N) is 1. The number of piperidine rings is 1. The summed E-state index contributed by atoms with van der Waals surface area (Å²) in [5.41, 5.74) is 6.05. The lowest BCUT2D eigenvalue weighted by Crippen LogP contribution is -2.45. The molecule has 2 fully saturated rings. The molecule has 0 aromatic heterocycles. The quantitative estimate of drug-likeness (QED) is 0.604. The SMILES string of the molecule is CCCN1CCC(CN=C(N)N2CCOCC2)CC1. The molecule has 0 amide bonds. The van der Waals surface area contributed by atoms with Crippen LogP contribution >= 0.6 is 0 Å². The Bertz CT molecular complexity index is 281. The van der Waals surface area contributed by atoms with E-state index < -0.39 is 0 Å². The van der Waals surface area contributed by atoms with Crippen molar-refractivity contribution in [3.63, 3.8) is 0 Å². The number of guanidine groups is 1. The van der Waals surface area contributed by atoms with Crippen molar-refractivity contribution in [3.8, 4) is 0 Å². The minimum absolute atomic E-state index is 0.708. The van der Waals surface area contributed by atoms with Crippen molar-refractivity contribution in [3.05, 3.63) is 0 Å². The molecule has 2 saturated heterocycles. The lowest BCUT2D eigenvalue weighted by Gasteiger charge is -2.31. The molecule has 0 atom stereocenters. The Morgan fingerprint density at radius 3 is 2.53 bits per heavy atom. The number of aliphatic imine (C=N–C) groups is 1. The van der Waals surface area contributed by atoms with Crippen LogP contribution in [0.25, 0.3) is 0 Å². The van der Waals surface area contributed by atoms with Crippen LogP contribution in [0, 0.1) is 5.92 Å². The molecule has 0 aromatic rings. The second-order valence-corrected chi connectivity index (χ2v) is 5.58. The number of likely N-dealkylation sites (tertiary alicyclic amines) is 1. The minimum Gasteiger partial charge on any atom is -0.378 e. The van der Waals surface area contributed by atoms with Gasteiger partial charge in [-0.25, -0.2) is 0 Å². The first-order valence-electron chi connectivity index (χ1n) is 7.64. The van der Waals surface area contributed by atoms with Crippen molar-refractivity contribution in [2.24, 2.45) is 16.6 Å². The molecule has 2 aliphatic heterocycles.